The topological polar surface area (TPSA) is 76.6 Å². The lowest BCUT2D eigenvalue weighted by Gasteiger charge is -2.16. The summed E-state index contributed by atoms with van der Waals surface area (Å²) in [6.07, 6.45) is 2.74. The second kappa shape index (κ2) is 8.12. The van der Waals surface area contributed by atoms with Gasteiger partial charge < -0.3 is 14.4 Å². The van der Waals surface area contributed by atoms with Crippen molar-refractivity contribution in [1.82, 2.24) is 14.9 Å². The SMILES string of the molecule is COCC1CCN(C(=O)Nc2nc3c(OC)ncc(-c4ccccc4)c3s2)C1. The van der Waals surface area contributed by atoms with Crippen LogP contribution in [0.4, 0.5) is 9.93 Å². The molecule has 3 aromatic rings. The summed E-state index contributed by atoms with van der Waals surface area (Å²) in [5.41, 5.74) is 2.67. The van der Waals surface area contributed by atoms with E-state index in [1.165, 1.54) is 11.3 Å². The summed E-state index contributed by atoms with van der Waals surface area (Å²) >= 11 is 1.43. The van der Waals surface area contributed by atoms with Crippen molar-refractivity contribution in [3.05, 3.63) is 36.5 Å². The van der Waals surface area contributed by atoms with Gasteiger partial charge in [-0.05, 0) is 12.0 Å². The van der Waals surface area contributed by atoms with Crippen LogP contribution in [0.3, 0.4) is 0 Å². The average molecular weight is 398 g/mol. The highest BCUT2D eigenvalue weighted by molar-refractivity contribution is 7.23. The zero-order valence-corrected chi connectivity index (χ0v) is 16.7. The molecule has 28 heavy (non-hydrogen) atoms. The molecule has 2 aromatic heterocycles. The van der Waals surface area contributed by atoms with Crippen LogP contribution in [0, 0.1) is 5.92 Å². The van der Waals surface area contributed by atoms with Gasteiger partial charge in [0.2, 0.25) is 5.88 Å². The van der Waals surface area contributed by atoms with Crippen molar-refractivity contribution in [1.29, 1.82) is 0 Å². The fourth-order valence-electron chi connectivity index (χ4n) is 3.48. The molecule has 0 radical (unpaired) electrons. The third-order valence-corrected chi connectivity index (χ3v) is 5.86. The van der Waals surface area contributed by atoms with Crippen LogP contribution in [0.1, 0.15) is 6.42 Å². The van der Waals surface area contributed by atoms with Crippen LogP contribution in [-0.4, -0.2) is 54.8 Å². The first-order valence-electron chi connectivity index (χ1n) is 9.13. The average Bonchev–Trinajstić information content (AvgIpc) is 3.35. The number of fused-ring (bicyclic) bond motifs is 1. The molecule has 3 heterocycles. The molecule has 1 aromatic carbocycles. The zero-order valence-electron chi connectivity index (χ0n) is 15.8. The highest BCUT2D eigenvalue weighted by Gasteiger charge is 2.27. The highest BCUT2D eigenvalue weighted by Crippen LogP contribution is 2.38. The van der Waals surface area contributed by atoms with E-state index in [1.54, 1.807) is 20.4 Å². The van der Waals surface area contributed by atoms with Crippen molar-refractivity contribution in [2.24, 2.45) is 5.92 Å². The number of amides is 2. The van der Waals surface area contributed by atoms with Gasteiger partial charge in [0.05, 0.1) is 18.4 Å². The minimum Gasteiger partial charge on any atom is -0.479 e. The summed E-state index contributed by atoms with van der Waals surface area (Å²) in [7, 11) is 3.26. The van der Waals surface area contributed by atoms with E-state index in [-0.39, 0.29) is 6.03 Å². The molecule has 2 amide bonds. The van der Waals surface area contributed by atoms with Gasteiger partial charge in [-0.1, -0.05) is 41.7 Å². The molecule has 0 spiro atoms. The molecule has 1 fully saturated rings. The Morgan fingerprint density at radius 2 is 2.14 bits per heavy atom. The van der Waals surface area contributed by atoms with Crippen LogP contribution >= 0.6 is 11.3 Å². The van der Waals surface area contributed by atoms with Crippen LogP contribution < -0.4 is 10.1 Å². The Labute approximate surface area is 167 Å². The number of nitrogens with one attached hydrogen (secondary N) is 1. The standard InChI is InChI=1S/C20H22N4O3S/c1-26-12-13-8-9-24(11-13)20(25)23-19-22-16-17(28-19)15(10-21-18(16)27-2)14-6-4-3-5-7-14/h3-7,10,13H,8-9,11-12H2,1-2H3,(H,22,23,25). The van der Waals surface area contributed by atoms with Crippen molar-refractivity contribution < 1.29 is 14.3 Å². The van der Waals surface area contributed by atoms with Crippen LogP contribution in [0.5, 0.6) is 5.88 Å². The lowest BCUT2D eigenvalue weighted by atomic mass is 10.1. The third kappa shape index (κ3) is 3.65. The van der Waals surface area contributed by atoms with E-state index >= 15 is 0 Å². The maximum atomic E-state index is 12.6. The number of benzene rings is 1. The molecule has 1 aliphatic rings. The van der Waals surface area contributed by atoms with Crippen molar-refractivity contribution >= 4 is 32.7 Å². The minimum absolute atomic E-state index is 0.133. The van der Waals surface area contributed by atoms with Crippen molar-refractivity contribution in [2.75, 3.05) is 39.2 Å². The Hall–Kier alpha value is -2.71. The molecule has 1 N–H and O–H groups in total. The second-order valence-electron chi connectivity index (χ2n) is 6.73. The number of carbonyl (C=O) groups is 1. The van der Waals surface area contributed by atoms with E-state index in [2.05, 4.69) is 15.3 Å². The minimum atomic E-state index is -0.133. The van der Waals surface area contributed by atoms with Gasteiger partial charge in [-0.2, -0.15) is 0 Å². The van der Waals surface area contributed by atoms with E-state index in [4.69, 9.17) is 9.47 Å². The first-order chi connectivity index (χ1) is 13.7. The lowest BCUT2D eigenvalue weighted by molar-refractivity contribution is 0.154. The van der Waals surface area contributed by atoms with E-state index in [1.807, 2.05) is 35.2 Å². The largest absolute Gasteiger partial charge is 0.479 e. The number of urea groups is 1. The molecule has 4 rings (SSSR count). The van der Waals surface area contributed by atoms with E-state index in [9.17, 15) is 4.79 Å². The molecule has 0 bridgehead atoms. The number of aromatic nitrogens is 2. The predicted molar refractivity (Wildman–Crippen MR) is 110 cm³/mol. The van der Waals surface area contributed by atoms with Gasteiger partial charge in [0.15, 0.2) is 5.13 Å². The number of carbonyl (C=O) groups excluding carboxylic acids is 1. The molecule has 7 nitrogen and oxygen atoms in total. The van der Waals surface area contributed by atoms with E-state index in [0.29, 0.717) is 35.6 Å². The van der Waals surface area contributed by atoms with Gasteiger partial charge in [0.25, 0.3) is 0 Å². The number of rotatable bonds is 5. The normalized spacial score (nSPS) is 16.5. The highest BCUT2D eigenvalue weighted by atomic mass is 32.1. The van der Waals surface area contributed by atoms with Gasteiger partial charge >= 0.3 is 6.03 Å². The third-order valence-electron chi connectivity index (χ3n) is 4.85. The maximum Gasteiger partial charge on any atom is 0.323 e. The van der Waals surface area contributed by atoms with Crippen molar-refractivity contribution in [3.63, 3.8) is 0 Å². The molecule has 1 atom stereocenters. The molecule has 1 aliphatic heterocycles. The fourth-order valence-corrected chi connectivity index (χ4v) is 4.45. The number of nitrogens with zero attached hydrogens (tertiary/aromatic N) is 3. The van der Waals surface area contributed by atoms with Crippen molar-refractivity contribution in [2.45, 2.75) is 6.42 Å². The molecular formula is C20H22N4O3S. The summed E-state index contributed by atoms with van der Waals surface area (Å²) in [6, 6.07) is 9.87. The monoisotopic (exact) mass is 398 g/mol. The maximum absolute atomic E-state index is 12.6. The Balaban J connectivity index is 1.61. The van der Waals surface area contributed by atoms with Gasteiger partial charge in [-0.15, -0.1) is 0 Å². The van der Waals surface area contributed by atoms with Crippen LogP contribution in [0.15, 0.2) is 36.5 Å². The molecule has 1 saturated heterocycles. The number of anilines is 1. The molecule has 1 unspecified atom stereocenters. The first-order valence-corrected chi connectivity index (χ1v) is 9.95. The molecule has 146 valence electrons. The number of methoxy groups -OCH3 is 2. The quantitative estimate of drug-likeness (QED) is 0.706. The first kappa shape index (κ1) is 18.6. The molecular weight excluding hydrogens is 376 g/mol. The number of likely N-dealkylation sites (tertiary alicyclic amines) is 1. The second-order valence-corrected chi connectivity index (χ2v) is 7.73. The Kier molecular flexibility index (Phi) is 5.40. The molecule has 0 aliphatic carbocycles. The smallest absolute Gasteiger partial charge is 0.323 e. The predicted octanol–water partition coefficient (Wildman–Crippen LogP) is 3.87. The van der Waals surface area contributed by atoms with E-state index < -0.39 is 0 Å². The summed E-state index contributed by atoms with van der Waals surface area (Å²) in [5, 5.41) is 3.48. The Morgan fingerprint density at radius 3 is 2.89 bits per heavy atom. The van der Waals surface area contributed by atoms with Crippen molar-refractivity contribution in [3.8, 4) is 17.0 Å². The van der Waals surface area contributed by atoms with Gasteiger partial charge in [-0.3, -0.25) is 5.32 Å². The van der Waals surface area contributed by atoms with Gasteiger partial charge in [0, 0.05) is 37.9 Å². The van der Waals surface area contributed by atoms with Crippen LogP contribution in [-0.2, 0) is 4.74 Å². The van der Waals surface area contributed by atoms with Gasteiger partial charge in [-0.25, -0.2) is 14.8 Å². The number of ether oxygens (including phenoxy) is 2. The summed E-state index contributed by atoms with van der Waals surface area (Å²) in [4.78, 5) is 23.4. The number of thiazole rings is 1. The molecule has 8 heteroatoms. The summed E-state index contributed by atoms with van der Waals surface area (Å²) in [6.45, 7) is 2.10. The lowest BCUT2D eigenvalue weighted by Crippen LogP contribution is -2.33. The Bertz CT molecular complexity index is 976. The summed E-state index contributed by atoms with van der Waals surface area (Å²) < 4.78 is 11.5. The Morgan fingerprint density at radius 1 is 1.32 bits per heavy atom. The van der Waals surface area contributed by atoms with Crippen LogP contribution in [0.2, 0.25) is 0 Å². The zero-order chi connectivity index (χ0) is 19.5. The molecule has 0 saturated carbocycles. The number of pyridine rings is 1. The van der Waals surface area contributed by atoms with E-state index in [0.717, 1.165) is 28.8 Å². The van der Waals surface area contributed by atoms with Gasteiger partial charge in [0.1, 0.15) is 5.52 Å². The fraction of sp³-hybridized carbons (Fsp3) is 0.350. The number of hydrogen-bond donors (Lipinski definition) is 1. The van der Waals surface area contributed by atoms with Crippen LogP contribution in [0.25, 0.3) is 21.3 Å². The summed E-state index contributed by atoms with van der Waals surface area (Å²) in [5.74, 6) is 0.841. The number of hydrogen-bond acceptors (Lipinski definition) is 6.